The molecule has 1 aromatic rings. The van der Waals surface area contributed by atoms with E-state index in [0.29, 0.717) is 12.2 Å². The van der Waals surface area contributed by atoms with E-state index in [0.717, 1.165) is 38.9 Å². The molecule has 1 N–H and O–H groups in total. The van der Waals surface area contributed by atoms with Crippen LogP contribution in [0.5, 0.6) is 5.75 Å². The first-order valence-corrected chi connectivity index (χ1v) is 7.53. The van der Waals surface area contributed by atoms with Gasteiger partial charge in [-0.25, -0.2) is 4.39 Å². The van der Waals surface area contributed by atoms with Crippen LogP contribution in [0.3, 0.4) is 0 Å². The van der Waals surface area contributed by atoms with E-state index in [1.165, 1.54) is 12.1 Å². The van der Waals surface area contributed by atoms with Gasteiger partial charge in [0.25, 0.3) is 0 Å². The summed E-state index contributed by atoms with van der Waals surface area (Å²) >= 11 is 0. The van der Waals surface area contributed by atoms with E-state index < -0.39 is 0 Å². The van der Waals surface area contributed by atoms with E-state index in [-0.39, 0.29) is 30.2 Å². The molecule has 0 spiro atoms. The number of nitrogens with zero attached hydrogens (tertiary/aromatic N) is 1. The van der Waals surface area contributed by atoms with Crippen molar-refractivity contribution in [2.75, 3.05) is 26.7 Å². The molecule has 0 radical (unpaired) electrons. The van der Waals surface area contributed by atoms with Gasteiger partial charge in [-0.1, -0.05) is 0 Å². The number of carbonyl (C=O) groups is 1. The van der Waals surface area contributed by atoms with E-state index in [4.69, 9.17) is 4.74 Å². The molecule has 22 heavy (non-hydrogen) atoms. The molecule has 1 aromatic carbocycles. The number of rotatable bonds is 6. The normalized spacial score (nSPS) is 15.3. The Bertz CT molecular complexity index is 448. The zero-order valence-corrected chi connectivity index (χ0v) is 13.7. The lowest BCUT2D eigenvalue weighted by atomic mass is 10.1. The molecule has 0 atom stereocenters. The Balaban J connectivity index is 0.00000242. The number of hydrogen-bond donors (Lipinski definition) is 1. The number of halogens is 2. The maximum atomic E-state index is 12.8. The highest BCUT2D eigenvalue weighted by Crippen LogP contribution is 2.19. The van der Waals surface area contributed by atoms with Crippen molar-refractivity contribution in [2.45, 2.75) is 31.8 Å². The summed E-state index contributed by atoms with van der Waals surface area (Å²) in [7, 11) is 1.89. The monoisotopic (exact) mass is 330 g/mol. The van der Waals surface area contributed by atoms with Gasteiger partial charge in [0.15, 0.2) is 0 Å². The Morgan fingerprint density at radius 3 is 2.55 bits per heavy atom. The lowest BCUT2D eigenvalue weighted by molar-refractivity contribution is -0.133. The number of carbonyl (C=O) groups excluding carboxylic acids is 1. The van der Waals surface area contributed by atoms with Crippen molar-refractivity contribution in [2.24, 2.45) is 0 Å². The van der Waals surface area contributed by atoms with Gasteiger partial charge in [-0.05, 0) is 44.3 Å². The second-order valence-electron chi connectivity index (χ2n) is 5.36. The molecule has 0 aromatic heterocycles. The molecular formula is C16H24ClFN2O2. The van der Waals surface area contributed by atoms with Gasteiger partial charge in [0, 0.05) is 32.4 Å². The van der Waals surface area contributed by atoms with Gasteiger partial charge in [0.05, 0.1) is 0 Å². The van der Waals surface area contributed by atoms with Crippen LogP contribution in [0.4, 0.5) is 4.39 Å². The third kappa shape index (κ3) is 5.81. The summed E-state index contributed by atoms with van der Waals surface area (Å²) in [6, 6.07) is 6.08. The van der Waals surface area contributed by atoms with Crippen LogP contribution in [0.1, 0.15) is 25.7 Å². The van der Waals surface area contributed by atoms with Crippen LogP contribution < -0.4 is 10.1 Å². The van der Waals surface area contributed by atoms with Crippen molar-refractivity contribution in [3.05, 3.63) is 30.1 Å². The third-order valence-electron chi connectivity index (χ3n) is 3.73. The summed E-state index contributed by atoms with van der Waals surface area (Å²) in [5.41, 5.74) is 0. The number of ether oxygens (including phenoxy) is 1. The van der Waals surface area contributed by atoms with Gasteiger partial charge >= 0.3 is 0 Å². The molecule has 0 aliphatic carbocycles. The number of likely N-dealkylation sites (tertiary alicyclic amines) is 1. The summed E-state index contributed by atoms with van der Waals surface area (Å²) in [4.78, 5) is 13.9. The van der Waals surface area contributed by atoms with Crippen LogP contribution in [0, 0.1) is 5.82 Å². The van der Waals surface area contributed by atoms with Crippen LogP contribution in [0.25, 0.3) is 0 Å². The summed E-state index contributed by atoms with van der Waals surface area (Å²) in [5.74, 6) is 0.657. The minimum Gasteiger partial charge on any atom is -0.490 e. The van der Waals surface area contributed by atoms with Crippen LogP contribution in [-0.2, 0) is 4.79 Å². The zero-order valence-electron chi connectivity index (χ0n) is 12.9. The average molecular weight is 331 g/mol. The quantitative estimate of drug-likeness (QED) is 0.815. The third-order valence-corrected chi connectivity index (χ3v) is 3.73. The second kappa shape index (κ2) is 9.64. The largest absolute Gasteiger partial charge is 0.490 e. The fourth-order valence-electron chi connectivity index (χ4n) is 2.50. The number of amides is 1. The van der Waals surface area contributed by atoms with Gasteiger partial charge in [-0.3, -0.25) is 4.79 Å². The fraction of sp³-hybridized carbons (Fsp3) is 0.562. The molecule has 4 nitrogen and oxygen atoms in total. The number of nitrogens with one attached hydrogen (secondary N) is 1. The second-order valence-corrected chi connectivity index (χ2v) is 5.36. The van der Waals surface area contributed by atoms with E-state index >= 15 is 0 Å². The van der Waals surface area contributed by atoms with Crippen LogP contribution >= 0.6 is 12.4 Å². The zero-order chi connectivity index (χ0) is 15.1. The van der Waals surface area contributed by atoms with Crippen molar-refractivity contribution in [1.29, 1.82) is 0 Å². The molecule has 1 heterocycles. The predicted molar refractivity (Wildman–Crippen MR) is 87.0 cm³/mol. The lowest BCUT2D eigenvalue weighted by Crippen LogP contribution is -2.41. The molecule has 1 fully saturated rings. The maximum Gasteiger partial charge on any atom is 0.222 e. The van der Waals surface area contributed by atoms with Crippen molar-refractivity contribution >= 4 is 18.3 Å². The van der Waals surface area contributed by atoms with Crippen molar-refractivity contribution in [1.82, 2.24) is 10.2 Å². The van der Waals surface area contributed by atoms with Gasteiger partial charge in [0.1, 0.15) is 17.7 Å². The van der Waals surface area contributed by atoms with Gasteiger partial charge < -0.3 is 15.0 Å². The minimum absolute atomic E-state index is 0. The highest BCUT2D eigenvalue weighted by Gasteiger charge is 2.23. The lowest BCUT2D eigenvalue weighted by Gasteiger charge is -2.32. The summed E-state index contributed by atoms with van der Waals surface area (Å²) in [5, 5.41) is 3.05. The van der Waals surface area contributed by atoms with Crippen LogP contribution in [-0.4, -0.2) is 43.6 Å². The molecule has 0 saturated carbocycles. The van der Waals surface area contributed by atoms with Crippen molar-refractivity contribution < 1.29 is 13.9 Å². The molecular weight excluding hydrogens is 307 g/mol. The summed E-state index contributed by atoms with van der Waals surface area (Å²) in [6.45, 7) is 2.35. The molecule has 0 unspecified atom stereocenters. The van der Waals surface area contributed by atoms with E-state index in [2.05, 4.69) is 5.32 Å². The SMILES string of the molecule is CNCCCC(=O)N1CCC(Oc2ccc(F)cc2)CC1.Cl. The van der Waals surface area contributed by atoms with Crippen LogP contribution in [0.2, 0.25) is 0 Å². The van der Waals surface area contributed by atoms with E-state index in [1.807, 2.05) is 11.9 Å². The number of benzene rings is 1. The molecule has 1 amide bonds. The maximum absolute atomic E-state index is 12.8. The molecule has 1 aliphatic heterocycles. The smallest absolute Gasteiger partial charge is 0.222 e. The highest BCUT2D eigenvalue weighted by atomic mass is 35.5. The van der Waals surface area contributed by atoms with Crippen molar-refractivity contribution in [3.63, 3.8) is 0 Å². The molecule has 1 saturated heterocycles. The standard InChI is InChI=1S/C16H23FN2O2.ClH/c1-18-10-2-3-16(20)19-11-8-15(9-12-19)21-14-6-4-13(17)5-7-14;/h4-7,15,18H,2-3,8-12H2,1H3;1H. The fourth-order valence-corrected chi connectivity index (χ4v) is 2.50. The average Bonchev–Trinajstić information content (AvgIpc) is 2.50. The summed E-state index contributed by atoms with van der Waals surface area (Å²) < 4.78 is 18.7. The van der Waals surface area contributed by atoms with Gasteiger partial charge in [0.2, 0.25) is 5.91 Å². The van der Waals surface area contributed by atoms with E-state index in [1.54, 1.807) is 12.1 Å². The molecule has 6 heteroatoms. The van der Waals surface area contributed by atoms with E-state index in [9.17, 15) is 9.18 Å². The van der Waals surface area contributed by atoms with Gasteiger partial charge in [-0.15, -0.1) is 12.4 Å². The minimum atomic E-state index is -0.260. The Morgan fingerprint density at radius 1 is 1.32 bits per heavy atom. The molecule has 2 rings (SSSR count). The Morgan fingerprint density at radius 2 is 1.95 bits per heavy atom. The molecule has 0 bridgehead atoms. The molecule has 124 valence electrons. The highest BCUT2D eigenvalue weighted by molar-refractivity contribution is 5.85. The summed E-state index contributed by atoms with van der Waals surface area (Å²) in [6.07, 6.45) is 3.24. The Kier molecular flexibility index (Phi) is 8.20. The Labute approximate surface area is 137 Å². The number of hydrogen-bond acceptors (Lipinski definition) is 3. The van der Waals surface area contributed by atoms with Gasteiger partial charge in [-0.2, -0.15) is 0 Å². The first kappa shape index (κ1) is 18.7. The molecule has 1 aliphatic rings. The predicted octanol–water partition coefficient (Wildman–Crippen LogP) is 2.62. The van der Waals surface area contributed by atoms with Crippen LogP contribution in [0.15, 0.2) is 24.3 Å². The Hall–Kier alpha value is -1.33. The first-order valence-electron chi connectivity index (χ1n) is 7.53. The first-order chi connectivity index (χ1) is 10.2. The topological polar surface area (TPSA) is 41.6 Å². The number of piperidine rings is 1. The van der Waals surface area contributed by atoms with Crippen molar-refractivity contribution in [3.8, 4) is 5.75 Å².